The molecule has 2 atom stereocenters. The van der Waals surface area contributed by atoms with Gasteiger partial charge in [-0.05, 0) is 37.9 Å². The predicted molar refractivity (Wildman–Crippen MR) is 77.9 cm³/mol. The van der Waals surface area contributed by atoms with Crippen molar-refractivity contribution in [3.05, 3.63) is 21.9 Å². The molecule has 1 aromatic rings. The Morgan fingerprint density at radius 1 is 1.47 bits per heavy atom. The zero-order chi connectivity index (χ0) is 14.0. The molecule has 1 fully saturated rings. The van der Waals surface area contributed by atoms with Crippen LogP contribution in [0, 0.1) is 0 Å². The minimum atomic E-state index is -0.194. The molecule has 5 nitrogen and oxygen atoms in total. The molecule has 19 heavy (non-hydrogen) atoms. The van der Waals surface area contributed by atoms with E-state index in [0.29, 0.717) is 12.1 Å². The van der Waals surface area contributed by atoms with Gasteiger partial charge in [0.2, 0.25) is 0 Å². The van der Waals surface area contributed by atoms with E-state index < -0.39 is 0 Å². The van der Waals surface area contributed by atoms with Crippen molar-refractivity contribution in [1.29, 1.82) is 0 Å². The van der Waals surface area contributed by atoms with Crippen LogP contribution in [0.1, 0.15) is 29.1 Å². The lowest BCUT2D eigenvalue weighted by Crippen LogP contribution is -2.54. The summed E-state index contributed by atoms with van der Waals surface area (Å²) in [5.74, 6) is 5.02. The van der Waals surface area contributed by atoms with E-state index in [-0.39, 0.29) is 5.91 Å². The van der Waals surface area contributed by atoms with Crippen LogP contribution in [0.3, 0.4) is 0 Å². The third kappa shape index (κ3) is 3.14. The van der Waals surface area contributed by atoms with Crippen molar-refractivity contribution in [2.75, 3.05) is 20.1 Å². The Balaban J connectivity index is 2.06. The molecule has 1 aromatic heterocycles. The smallest absolute Gasteiger partial charge is 0.275 e. The van der Waals surface area contributed by atoms with Crippen molar-refractivity contribution in [2.24, 2.45) is 5.84 Å². The van der Waals surface area contributed by atoms with Crippen LogP contribution in [-0.4, -0.2) is 47.9 Å². The highest BCUT2D eigenvalue weighted by molar-refractivity contribution is 7.12. The largest absolute Gasteiger partial charge is 0.298 e. The van der Waals surface area contributed by atoms with Gasteiger partial charge in [-0.25, -0.2) is 5.84 Å². The first kappa shape index (κ1) is 14.5. The van der Waals surface area contributed by atoms with Crippen LogP contribution in [0.15, 0.2) is 11.4 Å². The van der Waals surface area contributed by atoms with E-state index in [2.05, 4.69) is 36.1 Å². The molecule has 1 amide bonds. The van der Waals surface area contributed by atoms with E-state index >= 15 is 0 Å². The molecule has 0 radical (unpaired) electrons. The number of thiophene rings is 1. The predicted octanol–water partition coefficient (Wildman–Crippen LogP) is 0.876. The molecule has 3 N–H and O–H groups in total. The summed E-state index contributed by atoms with van der Waals surface area (Å²) in [6.07, 6.45) is 0. The van der Waals surface area contributed by atoms with Gasteiger partial charge in [-0.3, -0.25) is 20.0 Å². The maximum Gasteiger partial charge on any atom is 0.275 e. The van der Waals surface area contributed by atoms with E-state index in [1.54, 1.807) is 0 Å². The van der Waals surface area contributed by atoms with Crippen LogP contribution >= 0.6 is 11.3 Å². The fourth-order valence-corrected chi connectivity index (χ4v) is 3.43. The highest BCUT2D eigenvalue weighted by Gasteiger charge is 2.27. The number of nitrogens with zero attached hydrogens (tertiary/aromatic N) is 2. The van der Waals surface area contributed by atoms with Gasteiger partial charge in [0.1, 0.15) is 0 Å². The van der Waals surface area contributed by atoms with Gasteiger partial charge in [0.05, 0.1) is 4.88 Å². The lowest BCUT2D eigenvalue weighted by atomic mass is 10.1. The zero-order valence-electron chi connectivity index (χ0n) is 11.7. The van der Waals surface area contributed by atoms with Crippen LogP contribution in [0.25, 0.3) is 0 Å². The normalized spacial score (nSPS) is 25.5. The Labute approximate surface area is 118 Å². The van der Waals surface area contributed by atoms with Crippen LogP contribution < -0.4 is 11.3 Å². The quantitative estimate of drug-likeness (QED) is 0.491. The number of piperazine rings is 1. The first-order valence-electron chi connectivity index (χ1n) is 6.54. The van der Waals surface area contributed by atoms with E-state index in [0.717, 1.165) is 30.1 Å². The summed E-state index contributed by atoms with van der Waals surface area (Å²) in [5, 5.41) is 1.95. The highest BCUT2D eigenvalue weighted by Crippen LogP contribution is 2.21. The lowest BCUT2D eigenvalue weighted by molar-refractivity contribution is 0.0555. The minimum absolute atomic E-state index is 0.194. The summed E-state index contributed by atoms with van der Waals surface area (Å²) in [5.41, 5.74) is 3.28. The average molecular weight is 282 g/mol. The summed E-state index contributed by atoms with van der Waals surface area (Å²) in [7, 11) is 2.17. The van der Waals surface area contributed by atoms with Crippen LogP contribution in [0.2, 0.25) is 0 Å². The third-order valence-corrected chi connectivity index (χ3v) is 4.87. The van der Waals surface area contributed by atoms with Gasteiger partial charge in [0, 0.05) is 31.7 Å². The standard InChI is InChI=1S/C13H22N4OS/c1-9-6-17(7-10(2)16(9)3)8-11-4-5-19-12(11)13(18)15-14/h4-5,9-10H,6-8,14H2,1-3H3,(H,15,18). The Hall–Kier alpha value is -0.950. The molecule has 0 spiro atoms. The van der Waals surface area contributed by atoms with Gasteiger partial charge < -0.3 is 0 Å². The van der Waals surface area contributed by atoms with Gasteiger partial charge in [-0.15, -0.1) is 11.3 Å². The number of nitrogens with two attached hydrogens (primary N) is 1. The topological polar surface area (TPSA) is 61.6 Å². The van der Waals surface area contributed by atoms with Gasteiger partial charge in [-0.2, -0.15) is 0 Å². The van der Waals surface area contributed by atoms with Crippen LogP contribution in [0.4, 0.5) is 0 Å². The average Bonchev–Trinajstić information content (AvgIpc) is 2.83. The molecule has 2 rings (SSSR count). The molecule has 1 aliphatic rings. The van der Waals surface area contributed by atoms with E-state index in [1.165, 1.54) is 11.3 Å². The third-order valence-electron chi connectivity index (χ3n) is 3.91. The number of carbonyl (C=O) groups excluding carboxylic acids is 1. The van der Waals surface area contributed by atoms with Crippen molar-refractivity contribution < 1.29 is 4.79 Å². The van der Waals surface area contributed by atoms with Crippen molar-refractivity contribution in [1.82, 2.24) is 15.2 Å². The number of likely N-dealkylation sites (N-methyl/N-ethyl adjacent to an activating group) is 1. The fraction of sp³-hybridized carbons (Fsp3) is 0.615. The molecule has 0 saturated carbocycles. The first-order valence-corrected chi connectivity index (χ1v) is 7.42. The molecule has 106 valence electrons. The lowest BCUT2D eigenvalue weighted by Gasteiger charge is -2.42. The zero-order valence-corrected chi connectivity index (χ0v) is 12.5. The Kier molecular flexibility index (Phi) is 4.57. The number of hydrogen-bond donors (Lipinski definition) is 2. The summed E-state index contributed by atoms with van der Waals surface area (Å²) in [4.78, 5) is 17.2. The second-order valence-electron chi connectivity index (χ2n) is 5.31. The Morgan fingerprint density at radius 2 is 2.11 bits per heavy atom. The Morgan fingerprint density at radius 3 is 2.68 bits per heavy atom. The SMILES string of the molecule is CC1CN(Cc2ccsc2C(=O)NN)CC(C)N1C. The molecular weight excluding hydrogens is 260 g/mol. The van der Waals surface area contributed by atoms with Crippen molar-refractivity contribution in [2.45, 2.75) is 32.5 Å². The number of rotatable bonds is 3. The van der Waals surface area contributed by atoms with Gasteiger partial charge >= 0.3 is 0 Å². The second kappa shape index (κ2) is 6.00. The molecule has 2 unspecified atom stereocenters. The van der Waals surface area contributed by atoms with E-state index in [9.17, 15) is 4.79 Å². The van der Waals surface area contributed by atoms with Crippen molar-refractivity contribution >= 4 is 17.2 Å². The molecule has 1 aliphatic heterocycles. The van der Waals surface area contributed by atoms with Crippen molar-refractivity contribution in [3.63, 3.8) is 0 Å². The molecular formula is C13H22N4OS. The van der Waals surface area contributed by atoms with Gasteiger partial charge in [0.25, 0.3) is 5.91 Å². The van der Waals surface area contributed by atoms with Gasteiger partial charge in [0.15, 0.2) is 0 Å². The summed E-state index contributed by atoms with van der Waals surface area (Å²) in [6, 6.07) is 3.09. The monoisotopic (exact) mass is 282 g/mol. The van der Waals surface area contributed by atoms with Crippen molar-refractivity contribution in [3.8, 4) is 0 Å². The van der Waals surface area contributed by atoms with Crippen LogP contribution in [-0.2, 0) is 6.54 Å². The number of nitrogens with one attached hydrogen (secondary N) is 1. The minimum Gasteiger partial charge on any atom is -0.298 e. The summed E-state index contributed by atoms with van der Waals surface area (Å²) in [6.45, 7) is 7.35. The molecule has 6 heteroatoms. The maximum absolute atomic E-state index is 11.7. The number of hydrogen-bond acceptors (Lipinski definition) is 5. The number of hydrazine groups is 1. The van der Waals surface area contributed by atoms with Crippen LogP contribution in [0.5, 0.6) is 0 Å². The number of nitrogen functional groups attached to an aromatic ring is 1. The molecule has 0 bridgehead atoms. The molecule has 0 aromatic carbocycles. The summed E-state index contributed by atoms with van der Waals surface area (Å²) < 4.78 is 0. The fourth-order valence-electron chi connectivity index (χ4n) is 2.61. The first-order chi connectivity index (χ1) is 9.02. The summed E-state index contributed by atoms with van der Waals surface area (Å²) >= 11 is 1.44. The second-order valence-corrected chi connectivity index (χ2v) is 6.22. The van der Waals surface area contributed by atoms with E-state index in [1.807, 2.05) is 11.4 Å². The van der Waals surface area contributed by atoms with E-state index in [4.69, 9.17) is 5.84 Å². The molecule has 0 aliphatic carbocycles. The van der Waals surface area contributed by atoms with Gasteiger partial charge in [-0.1, -0.05) is 0 Å². The highest BCUT2D eigenvalue weighted by atomic mass is 32.1. The Bertz CT molecular complexity index is 436. The maximum atomic E-state index is 11.7. The molecule has 2 heterocycles. The molecule has 1 saturated heterocycles. The number of carbonyl (C=O) groups is 1. The number of amides is 1.